The molecule has 1 heterocycles. The van der Waals surface area contributed by atoms with Crippen LogP contribution in [0, 0.1) is 3.57 Å². The highest BCUT2D eigenvalue weighted by molar-refractivity contribution is 14.1. The second-order valence-electron chi connectivity index (χ2n) is 5.36. The third-order valence-corrected chi connectivity index (χ3v) is 6.92. The van der Waals surface area contributed by atoms with Crippen molar-refractivity contribution in [3.8, 4) is 5.75 Å². The largest absolute Gasteiger partial charge is 0.451 e. The average Bonchev–Trinajstić information content (AvgIpc) is 2.57. The predicted molar refractivity (Wildman–Crippen MR) is 102 cm³/mol. The normalized spacial score (nSPS) is 23.3. The minimum atomic E-state index is -3.89. The van der Waals surface area contributed by atoms with E-state index < -0.39 is 25.4 Å². The van der Waals surface area contributed by atoms with Crippen molar-refractivity contribution in [3.05, 3.63) is 62.7 Å². The van der Waals surface area contributed by atoms with Crippen LogP contribution in [-0.2, 0) is 14.2 Å². The van der Waals surface area contributed by atoms with Crippen molar-refractivity contribution in [3.63, 3.8) is 0 Å². The summed E-state index contributed by atoms with van der Waals surface area (Å²) in [5.74, 6) is -2.05. The lowest BCUT2D eigenvalue weighted by atomic mass is 9.97. The van der Waals surface area contributed by atoms with Gasteiger partial charge in [-0.1, -0.05) is 29.8 Å². The van der Waals surface area contributed by atoms with Gasteiger partial charge in [-0.15, -0.1) is 0 Å². The van der Waals surface area contributed by atoms with Gasteiger partial charge in [-0.05, 0) is 58.5 Å². The highest BCUT2D eigenvalue weighted by Gasteiger charge is 2.49. The van der Waals surface area contributed by atoms with Crippen LogP contribution >= 0.6 is 41.9 Å². The molecule has 2 atom stereocenters. The van der Waals surface area contributed by atoms with Gasteiger partial charge in [0.25, 0.3) is 0 Å². The summed E-state index contributed by atoms with van der Waals surface area (Å²) in [6, 6.07) is 13.2. The minimum Gasteiger partial charge on any atom is -0.414 e. The topological polar surface area (TPSA) is 75.7 Å². The first-order valence-corrected chi connectivity index (χ1v) is 10.2. The molecule has 6 nitrogen and oxygen atoms in total. The van der Waals surface area contributed by atoms with E-state index in [0.717, 1.165) is 8.24 Å². The number of carbonyl (C=O) groups is 2. The van der Waals surface area contributed by atoms with E-state index in [-0.39, 0.29) is 5.75 Å². The Bertz CT molecular complexity index is 890. The standard InChI is InChI=1S/C16H13ClIN2O4P/c1-20-16(22)14(12-4-2-3-5-13(12)18)15(21)19-25(20,23)24-11-8-6-10(17)7-9-11/h2-9,14H,1H3,(H,19,21,23). The van der Waals surface area contributed by atoms with Crippen molar-refractivity contribution >= 4 is 53.7 Å². The summed E-state index contributed by atoms with van der Waals surface area (Å²) >= 11 is 7.86. The van der Waals surface area contributed by atoms with Crippen molar-refractivity contribution in [1.82, 2.24) is 9.76 Å². The van der Waals surface area contributed by atoms with Gasteiger partial charge in [0, 0.05) is 15.6 Å². The Balaban J connectivity index is 1.91. The Morgan fingerprint density at radius 2 is 1.80 bits per heavy atom. The lowest BCUT2D eigenvalue weighted by Crippen LogP contribution is -2.48. The van der Waals surface area contributed by atoms with Gasteiger partial charge in [0.1, 0.15) is 11.7 Å². The third kappa shape index (κ3) is 3.54. The van der Waals surface area contributed by atoms with E-state index in [1.165, 1.54) is 19.2 Å². The molecule has 9 heteroatoms. The Labute approximate surface area is 163 Å². The first-order valence-electron chi connectivity index (χ1n) is 7.21. The molecule has 0 aliphatic carbocycles. The fourth-order valence-electron chi connectivity index (χ4n) is 2.41. The number of rotatable bonds is 3. The smallest absolute Gasteiger partial charge is 0.414 e. The molecule has 2 unspecified atom stereocenters. The number of amides is 2. The van der Waals surface area contributed by atoms with E-state index in [2.05, 4.69) is 27.7 Å². The average molecular weight is 491 g/mol. The van der Waals surface area contributed by atoms with E-state index in [9.17, 15) is 14.2 Å². The number of hydrogen-bond acceptors (Lipinski definition) is 4. The molecule has 25 heavy (non-hydrogen) atoms. The zero-order valence-electron chi connectivity index (χ0n) is 13.0. The summed E-state index contributed by atoms with van der Waals surface area (Å²) in [5.41, 5.74) is 0.565. The Kier molecular flexibility index (Phi) is 5.09. The molecule has 0 aromatic heterocycles. The van der Waals surface area contributed by atoms with Crippen LogP contribution in [0.15, 0.2) is 48.5 Å². The van der Waals surface area contributed by atoms with Crippen LogP contribution in [0.3, 0.4) is 0 Å². The summed E-state index contributed by atoms with van der Waals surface area (Å²) in [5, 5.41) is 2.86. The molecule has 1 saturated heterocycles. The lowest BCUT2D eigenvalue weighted by molar-refractivity contribution is -0.136. The zero-order valence-corrected chi connectivity index (χ0v) is 16.8. The van der Waals surface area contributed by atoms with Crippen molar-refractivity contribution < 1.29 is 18.7 Å². The molecule has 0 bridgehead atoms. The molecular weight excluding hydrogens is 478 g/mol. The summed E-state index contributed by atoms with van der Waals surface area (Å²) in [4.78, 5) is 25.3. The number of hydrogen-bond donors (Lipinski definition) is 1. The van der Waals surface area contributed by atoms with E-state index in [4.69, 9.17) is 16.1 Å². The highest BCUT2D eigenvalue weighted by atomic mass is 127. The monoisotopic (exact) mass is 490 g/mol. The molecule has 1 aliphatic rings. The molecular formula is C16H13ClIN2O4P. The molecule has 1 N–H and O–H groups in total. The Morgan fingerprint density at radius 3 is 2.44 bits per heavy atom. The number of benzene rings is 2. The van der Waals surface area contributed by atoms with E-state index in [1.807, 2.05) is 6.07 Å². The van der Waals surface area contributed by atoms with Crippen LogP contribution in [-0.4, -0.2) is 23.5 Å². The van der Waals surface area contributed by atoms with Crippen LogP contribution in [0.4, 0.5) is 0 Å². The van der Waals surface area contributed by atoms with Crippen LogP contribution < -0.4 is 9.61 Å². The fourth-order valence-corrected chi connectivity index (χ4v) is 4.75. The first-order chi connectivity index (χ1) is 11.8. The zero-order chi connectivity index (χ0) is 18.2. The van der Waals surface area contributed by atoms with Crippen LogP contribution in [0.25, 0.3) is 0 Å². The third-order valence-electron chi connectivity index (χ3n) is 3.73. The van der Waals surface area contributed by atoms with Gasteiger partial charge in [0.05, 0.1) is 0 Å². The highest BCUT2D eigenvalue weighted by Crippen LogP contribution is 2.50. The maximum absolute atomic E-state index is 13.0. The molecule has 1 aliphatic heterocycles. The number of nitrogens with one attached hydrogen (secondary N) is 1. The maximum atomic E-state index is 13.0. The quantitative estimate of drug-likeness (QED) is 0.403. The lowest BCUT2D eigenvalue weighted by Gasteiger charge is -2.35. The van der Waals surface area contributed by atoms with Gasteiger partial charge in [-0.25, -0.2) is 9.24 Å². The second kappa shape index (κ2) is 6.97. The summed E-state index contributed by atoms with van der Waals surface area (Å²) in [7, 11) is -2.54. The number of nitrogens with zero attached hydrogens (tertiary/aromatic N) is 1. The van der Waals surface area contributed by atoms with Gasteiger partial charge in [-0.2, -0.15) is 0 Å². The molecule has 0 spiro atoms. The molecule has 1 fully saturated rings. The van der Waals surface area contributed by atoms with Crippen molar-refractivity contribution in [1.29, 1.82) is 0 Å². The van der Waals surface area contributed by atoms with Gasteiger partial charge in [-0.3, -0.25) is 14.7 Å². The SMILES string of the molecule is CN1C(=O)C(c2ccccc2I)C(=O)NP1(=O)Oc1ccc(Cl)cc1. The molecule has 2 amide bonds. The van der Waals surface area contributed by atoms with Gasteiger partial charge in [0.2, 0.25) is 11.8 Å². The minimum absolute atomic E-state index is 0.237. The Hall–Kier alpha value is -1.57. The number of halogens is 2. The Morgan fingerprint density at radius 1 is 1.16 bits per heavy atom. The van der Waals surface area contributed by atoms with Crippen molar-refractivity contribution in [2.75, 3.05) is 7.05 Å². The van der Waals surface area contributed by atoms with Crippen LogP contribution in [0.5, 0.6) is 5.75 Å². The summed E-state index contributed by atoms with van der Waals surface area (Å²) in [6.45, 7) is 0. The summed E-state index contributed by atoms with van der Waals surface area (Å²) in [6.07, 6.45) is 0. The van der Waals surface area contributed by atoms with Gasteiger partial charge in [0.15, 0.2) is 0 Å². The fraction of sp³-hybridized carbons (Fsp3) is 0.125. The van der Waals surface area contributed by atoms with Gasteiger partial charge < -0.3 is 4.52 Å². The first kappa shape index (κ1) is 18.2. The van der Waals surface area contributed by atoms with Crippen molar-refractivity contribution in [2.45, 2.75) is 5.92 Å². The van der Waals surface area contributed by atoms with Crippen molar-refractivity contribution in [2.24, 2.45) is 0 Å². The number of likely N-dealkylation sites (N-methyl/N-ethyl adjacent to an activating group) is 1. The van der Waals surface area contributed by atoms with Crippen LogP contribution in [0.1, 0.15) is 11.5 Å². The predicted octanol–water partition coefficient (Wildman–Crippen LogP) is 3.80. The van der Waals surface area contributed by atoms with E-state index in [0.29, 0.717) is 10.6 Å². The number of carbonyl (C=O) groups excluding carboxylic acids is 2. The molecule has 0 radical (unpaired) electrons. The van der Waals surface area contributed by atoms with Crippen LogP contribution in [0.2, 0.25) is 5.02 Å². The van der Waals surface area contributed by atoms with E-state index >= 15 is 0 Å². The maximum Gasteiger partial charge on any atom is 0.451 e. The molecule has 2 aromatic carbocycles. The molecule has 130 valence electrons. The summed E-state index contributed by atoms with van der Waals surface area (Å²) < 4.78 is 20.2. The van der Waals surface area contributed by atoms with Gasteiger partial charge >= 0.3 is 7.67 Å². The second-order valence-corrected chi connectivity index (χ2v) is 9.00. The van der Waals surface area contributed by atoms with E-state index in [1.54, 1.807) is 30.3 Å². The molecule has 0 saturated carbocycles. The molecule has 2 aromatic rings. The molecule has 3 rings (SSSR count).